The fourth-order valence-corrected chi connectivity index (χ4v) is 2.13. The first-order valence-corrected chi connectivity index (χ1v) is 6.48. The van der Waals surface area contributed by atoms with Crippen molar-refractivity contribution in [1.82, 2.24) is 15.5 Å². The first kappa shape index (κ1) is 14.3. The maximum atomic E-state index is 12.2. The van der Waals surface area contributed by atoms with Crippen LogP contribution in [0.4, 0.5) is 0 Å². The highest BCUT2D eigenvalue weighted by Crippen LogP contribution is 2.14. The third-order valence-electron chi connectivity index (χ3n) is 3.24. The first-order valence-electron chi connectivity index (χ1n) is 6.48. The molecule has 2 N–H and O–H groups in total. The Balaban J connectivity index is 1.95. The molecular weight excluding hydrogens is 258 g/mol. The van der Waals surface area contributed by atoms with Gasteiger partial charge in [-0.25, -0.2) is 0 Å². The van der Waals surface area contributed by atoms with Crippen LogP contribution in [-0.4, -0.2) is 50.0 Å². The van der Waals surface area contributed by atoms with Crippen LogP contribution in [0, 0.1) is 0 Å². The van der Waals surface area contributed by atoms with E-state index in [0.717, 1.165) is 11.3 Å². The molecule has 6 heteroatoms. The predicted octanol–water partition coefficient (Wildman–Crippen LogP) is -0.258. The molecule has 2 rings (SSSR count). The zero-order valence-electron chi connectivity index (χ0n) is 11.7. The Hall–Kier alpha value is -2.08. The van der Waals surface area contributed by atoms with Crippen LogP contribution in [0.2, 0.25) is 0 Å². The Kier molecular flexibility index (Phi) is 4.57. The van der Waals surface area contributed by atoms with Gasteiger partial charge in [0, 0.05) is 20.1 Å². The van der Waals surface area contributed by atoms with Crippen molar-refractivity contribution < 1.29 is 14.3 Å². The van der Waals surface area contributed by atoms with Crippen LogP contribution in [0.25, 0.3) is 0 Å². The number of hydrogen-bond acceptors (Lipinski definition) is 4. The van der Waals surface area contributed by atoms with Crippen molar-refractivity contribution in [2.75, 3.05) is 27.2 Å². The second kappa shape index (κ2) is 6.38. The van der Waals surface area contributed by atoms with Gasteiger partial charge in [-0.2, -0.15) is 0 Å². The monoisotopic (exact) mass is 277 g/mol. The van der Waals surface area contributed by atoms with Crippen LogP contribution in [0.15, 0.2) is 24.3 Å². The molecular formula is C14H19N3O3. The summed E-state index contributed by atoms with van der Waals surface area (Å²) in [5.74, 6) is 0.656. The van der Waals surface area contributed by atoms with E-state index in [0.29, 0.717) is 13.1 Å². The summed E-state index contributed by atoms with van der Waals surface area (Å²) in [4.78, 5) is 24.9. The molecule has 108 valence electrons. The molecule has 1 fully saturated rings. The number of piperazine rings is 1. The molecule has 1 heterocycles. The number of amides is 2. The van der Waals surface area contributed by atoms with E-state index in [-0.39, 0.29) is 24.4 Å². The molecule has 0 aromatic heterocycles. The van der Waals surface area contributed by atoms with E-state index < -0.39 is 0 Å². The minimum absolute atomic E-state index is 0.0344. The Morgan fingerprint density at radius 1 is 1.50 bits per heavy atom. The summed E-state index contributed by atoms with van der Waals surface area (Å²) in [6.45, 7) is 1.02. The molecule has 1 saturated heterocycles. The van der Waals surface area contributed by atoms with E-state index >= 15 is 0 Å². The van der Waals surface area contributed by atoms with Crippen LogP contribution in [-0.2, 0) is 16.1 Å². The Labute approximate surface area is 118 Å². The van der Waals surface area contributed by atoms with Crippen LogP contribution in [0.3, 0.4) is 0 Å². The van der Waals surface area contributed by atoms with Gasteiger partial charge in [0.2, 0.25) is 11.8 Å². The standard InChI is InChI=1S/C14H19N3O3/c1-17(9-10-4-3-5-11(6-10)20-2)14(19)12-7-16-13(18)8-15-12/h3-6,12,15H,7-9H2,1-2H3,(H,16,18). The lowest BCUT2D eigenvalue weighted by atomic mass is 10.1. The molecule has 0 radical (unpaired) electrons. The summed E-state index contributed by atoms with van der Waals surface area (Å²) in [7, 11) is 3.36. The van der Waals surface area contributed by atoms with Crippen molar-refractivity contribution in [1.29, 1.82) is 0 Å². The van der Waals surface area contributed by atoms with Crippen LogP contribution < -0.4 is 15.4 Å². The average molecular weight is 277 g/mol. The highest BCUT2D eigenvalue weighted by molar-refractivity contribution is 5.86. The van der Waals surface area contributed by atoms with Gasteiger partial charge in [0.15, 0.2) is 0 Å². The molecule has 1 atom stereocenters. The van der Waals surface area contributed by atoms with E-state index in [2.05, 4.69) is 10.6 Å². The van der Waals surface area contributed by atoms with Gasteiger partial charge in [-0.05, 0) is 17.7 Å². The lowest BCUT2D eigenvalue weighted by Gasteiger charge is -2.27. The number of rotatable bonds is 4. The lowest BCUT2D eigenvalue weighted by Crippen LogP contribution is -2.58. The number of nitrogens with zero attached hydrogens (tertiary/aromatic N) is 1. The predicted molar refractivity (Wildman–Crippen MR) is 74.3 cm³/mol. The fourth-order valence-electron chi connectivity index (χ4n) is 2.13. The highest BCUT2D eigenvalue weighted by Gasteiger charge is 2.26. The molecule has 0 spiro atoms. The highest BCUT2D eigenvalue weighted by atomic mass is 16.5. The smallest absolute Gasteiger partial charge is 0.241 e. The number of ether oxygens (including phenoxy) is 1. The van der Waals surface area contributed by atoms with Crippen molar-refractivity contribution >= 4 is 11.8 Å². The number of benzene rings is 1. The maximum Gasteiger partial charge on any atom is 0.241 e. The van der Waals surface area contributed by atoms with Gasteiger partial charge >= 0.3 is 0 Å². The van der Waals surface area contributed by atoms with E-state index in [4.69, 9.17) is 4.74 Å². The van der Waals surface area contributed by atoms with Gasteiger partial charge in [0.1, 0.15) is 11.8 Å². The molecule has 2 amide bonds. The molecule has 0 saturated carbocycles. The van der Waals surface area contributed by atoms with Crippen LogP contribution in [0.5, 0.6) is 5.75 Å². The van der Waals surface area contributed by atoms with Gasteiger partial charge < -0.3 is 15.0 Å². The minimum Gasteiger partial charge on any atom is -0.497 e. The van der Waals surface area contributed by atoms with Crippen molar-refractivity contribution in [3.05, 3.63) is 29.8 Å². The number of nitrogens with one attached hydrogen (secondary N) is 2. The summed E-state index contributed by atoms with van der Waals surface area (Å²) in [5.41, 5.74) is 1.00. The topological polar surface area (TPSA) is 70.7 Å². The number of carbonyl (C=O) groups excluding carboxylic acids is 2. The third kappa shape index (κ3) is 3.48. The minimum atomic E-state index is -0.358. The summed E-state index contributed by atoms with van der Waals surface area (Å²) >= 11 is 0. The largest absolute Gasteiger partial charge is 0.497 e. The number of carbonyl (C=O) groups is 2. The molecule has 0 bridgehead atoms. The van der Waals surface area contributed by atoms with E-state index in [1.165, 1.54) is 0 Å². The first-order chi connectivity index (χ1) is 9.60. The lowest BCUT2D eigenvalue weighted by molar-refractivity contribution is -0.134. The summed E-state index contributed by atoms with van der Waals surface area (Å²) < 4.78 is 5.16. The number of likely N-dealkylation sites (N-methyl/N-ethyl adjacent to an activating group) is 1. The molecule has 1 aliphatic rings. The van der Waals surface area contributed by atoms with Gasteiger partial charge in [-0.15, -0.1) is 0 Å². The van der Waals surface area contributed by atoms with Crippen LogP contribution >= 0.6 is 0 Å². The molecule has 1 unspecified atom stereocenters. The quantitative estimate of drug-likeness (QED) is 0.795. The Morgan fingerprint density at radius 2 is 2.30 bits per heavy atom. The Bertz CT molecular complexity index is 494. The van der Waals surface area contributed by atoms with Gasteiger partial charge in [-0.1, -0.05) is 12.1 Å². The molecule has 1 aromatic carbocycles. The average Bonchev–Trinajstić information content (AvgIpc) is 2.47. The van der Waals surface area contributed by atoms with Crippen LogP contribution in [0.1, 0.15) is 5.56 Å². The van der Waals surface area contributed by atoms with Crippen molar-refractivity contribution in [2.24, 2.45) is 0 Å². The molecule has 0 aliphatic carbocycles. The van der Waals surface area contributed by atoms with E-state index in [9.17, 15) is 9.59 Å². The van der Waals surface area contributed by atoms with Crippen molar-refractivity contribution in [3.63, 3.8) is 0 Å². The van der Waals surface area contributed by atoms with Gasteiger partial charge in [-0.3, -0.25) is 14.9 Å². The normalized spacial score (nSPS) is 18.3. The second-order valence-corrected chi connectivity index (χ2v) is 4.78. The molecule has 6 nitrogen and oxygen atoms in total. The van der Waals surface area contributed by atoms with E-state index in [1.807, 2.05) is 24.3 Å². The Morgan fingerprint density at radius 3 is 2.95 bits per heavy atom. The summed E-state index contributed by atoms with van der Waals surface area (Å²) in [5, 5.41) is 5.61. The van der Waals surface area contributed by atoms with Crippen molar-refractivity contribution in [2.45, 2.75) is 12.6 Å². The number of hydrogen-bond donors (Lipinski definition) is 2. The third-order valence-corrected chi connectivity index (χ3v) is 3.24. The number of methoxy groups -OCH3 is 1. The molecule has 20 heavy (non-hydrogen) atoms. The summed E-state index contributed by atoms with van der Waals surface area (Å²) in [6, 6.07) is 7.25. The van der Waals surface area contributed by atoms with Gasteiger partial charge in [0.25, 0.3) is 0 Å². The zero-order valence-corrected chi connectivity index (χ0v) is 11.7. The second-order valence-electron chi connectivity index (χ2n) is 4.78. The molecule has 1 aromatic rings. The fraction of sp³-hybridized carbons (Fsp3) is 0.429. The zero-order chi connectivity index (χ0) is 14.5. The summed E-state index contributed by atoms with van der Waals surface area (Å²) in [6.07, 6.45) is 0. The molecule has 1 aliphatic heterocycles. The maximum absolute atomic E-state index is 12.2. The SMILES string of the molecule is COc1cccc(CN(C)C(=O)C2CNC(=O)CN2)c1. The van der Waals surface area contributed by atoms with E-state index in [1.54, 1.807) is 19.1 Å². The van der Waals surface area contributed by atoms with Crippen molar-refractivity contribution in [3.8, 4) is 5.75 Å². The van der Waals surface area contributed by atoms with Gasteiger partial charge in [0.05, 0.1) is 13.7 Å².